The summed E-state index contributed by atoms with van der Waals surface area (Å²) in [5.74, 6) is 0.0989. The summed E-state index contributed by atoms with van der Waals surface area (Å²) >= 11 is 6.12. The summed E-state index contributed by atoms with van der Waals surface area (Å²) in [7, 11) is 1.39. The second-order valence-corrected chi connectivity index (χ2v) is 8.58. The van der Waals surface area contributed by atoms with Crippen LogP contribution in [0.15, 0.2) is 63.9 Å². The van der Waals surface area contributed by atoms with Crippen LogP contribution in [0.4, 0.5) is 24.5 Å². The smallest absolute Gasteiger partial charge is 0.416 e. The molecule has 174 valence electrons. The number of nitrogens with zero attached hydrogens (tertiary/aromatic N) is 2. The Bertz CT molecular complexity index is 1350. The Kier molecular flexibility index (Phi) is 6.19. The van der Waals surface area contributed by atoms with Gasteiger partial charge in [-0.25, -0.2) is 0 Å². The van der Waals surface area contributed by atoms with Crippen molar-refractivity contribution in [2.45, 2.75) is 6.18 Å². The van der Waals surface area contributed by atoms with E-state index in [1.807, 2.05) is 0 Å². The van der Waals surface area contributed by atoms with Gasteiger partial charge in [0.1, 0.15) is 17.3 Å². The number of halogens is 3. The van der Waals surface area contributed by atoms with Crippen LogP contribution in [0.3, 0.4) is 0 Å². The van der Waals surface area contributed by atoms with Crippen LogP contribution >= 0.6 is 24.0 Å². The third-order valence-electron chi connectivity index (χ3n) is 4.79. The molecule has 0 bridgehead atoms. The Morgan fingerprint density at radius 3 is 2.62 bits per heavy atom. The molecule has 0 spiro atoms. The monoisotopic (exact) mass is 506 g/mol. The van der Waals surface area contributed by atoms with Crippen LogP contribution in [-0.4, -0.2) is 22.3 Å². The fourth-order valence-corrected chi connectivity index (χ4v) is 4.49. The van der Waals surface area contributed by atoms with Gasteiger partial charge in [-0.15, -0.1) is 0 Å². The highest BCUT2D eigenvalue weighted by atomic mass is 32.2. The average Bonchev–Trinajstić information content (AvgIpc) is 3.36. The lowest BCUT2D eigenvalue weighted by molar-refractivity contribution is -0.384. The number of methoxy groups -OCH3 is 1. The van der Waals surface area contributed by atoms with Gasteiger partial charge in [-0.2, -0.15) is 13.2 Å². The number of furan rings is 1. The molecule has 1 aromatic heterocycles. The van der Waals surface area contributed by atoms with Crippen LogP contribution in [0.1, 0.15) is 11.3 Å². The third-order valence-corrected chi connectivity index (χ3v) is 6.09. The first-order valence-corrected chi connectivity index (χ1v) is 10.7. The topological polar surface area (TPSA) is 85.8 Å². The van der Waals surface area contributed by atoms with E-state index in [1.54, 1.807) is 6.07 Å². The summed E-state index contributed by atoms with van der Waals surface area (Å²) in [5, 5.41) is 11.4. The summed E-state index contributed by atoms with van der Waals surface area (Å²) < 4.78 is 50.0. The Labute approximate surface area is 200 Å². The lowest BCUT2D eigenvalue weighted by atomic mass is 10.1. The molecule has 34 heavy (non-hydrogen) atoms. The van der Waals surface area contributed by atoms with Crippen molar-refractivity contribution in [2.75, 3.05) is 12.0 Å². The molecule has 1 fully saturated rings. The number of nitro benzene ring substituents is 1. The van der Waals surface area contributed by atoms with E-state index < -0.39 is 22.6 Å². The van der Waals surface area contributed by atoms with Gasteiger partial charge >= 0.3 is 6.18 Å². The van der Waals surface area contributed by atoms with Gasteiger partial charge in [0.25, 0.3) is 11.6 Å². The van der Waals surface area contributed by atoms with Gasteiger partial charge in [0, 0.05) is 6.08 Å². The highest BCUT2D eigenvalue weighted by Crippen LogP contribution is 2.39. The minimum atomic E-state index is -4.57. The maximum Gasteiger partial charge on any atom is 0.416 e. The largest absolute Gasteiger partial charge is 0.497 e. The van der Waals surface area contributed by atoms with E-state index in [9.17, 15) is 28.1 Å². The van der Waals surface area contributed by atoms with Gasteiger partial charge < -0.3 is 9.15 Å². The number of hydrogen-bond acceptors (Lipinski definition) is 7. The molecular formula is C22H13F3N2O5S2. The number of hydrogen-bond donors (Lipinski definition) is 0. The Morgan fingerprint density at radius 2 is 1.94 bits per heavy atom. The number of alkyl halides is 3. The van der Waals surface area contributed by atoms with Gasteiger partial charge in [0.2, 0.25) is 0 Å². The number of rotatable bonds is 5. The quantitative estimate of drug-likeness (QED) is 0.174. The highest BCUT2D eigenvalue weighted by Gasteiger charge is 2.36. The number of benzene rings is 2. The minimum absolute atomic E-state index is 0.00489. The number of thiocarbonyl (C=S) groups is 1. The number of thioether (sulfide) groups is 1. The molecule has 0 N–H and O–H groups in total. The maximum atomic E-state index is 13.1. The molecule has 1 aliphatic heterocycles. The summed E-state index contributed by atoms with van der Waals surface area (Å²) in [5.41, 5.74) is -0.924. The van der Waals surface area contributed by atoms with Crippen LogP contribution in [-0.2, 0) is 11.0 Å². The first-order chi connectivity index (χ1) is 16.1. The van der Waals surface area contributed by atoms with E-state index in [1.165, 1.54) is 49.6 Å². The zero-order valence-corrected chi connectivity index (χ0v) is 18.8. The van der Waals surface area contributed by atoms with E-state index in [2.05, 4.69) is 0 Å². The molecule has 2 aromatic carbocycles. The SMILES string of the molecule is COc1ccc(-c2ccc(/C=C3\SC(=S)N(c4cccc(C(F)(F)F)c4)C3=O)o2)c([N+](=O)[O-])c1. The molecular weight excluding hydrogens is 493 g/mol. The average molecular weight is 506 g/mol. The van der Waals surface area contributed by atoms with Gasteiger partial charge in [-0.05, 0) is 42.5 Å². The summed E-state index contributed by atoms with van der Waals surface area (Å²) in [6.07, 6.45) is -3.19. The fourth-order valence-electron chi connectivity index (χ4n) is 3.21. The summed E-state index contributed by atoms with van der Waals surface area (Å²) in [6.45, 7) is 0. The molecule has 3 aromatic rings. The van der Waals surface area contributed by atoms with Crippen LogP contribution in [0.25, 0.3) is 17.4 Å². The van der Waals surface area contributed by atoms with E-state index in [4.69, 9.17) is 21.4 Å². The Balaban J connectivity index is 1.63. The number of carbonyl (C=O) groups is 1. The normalized spacial score (nSPS) is 15.3. The lowest BCUT2D eigenvalue weighted by Crippen LogP contribution is -2.27. The van der Waals surface area contributed by atoms with Crippen LogP contribution in [0.5, 0.6) is 5.75 Å². The lowest BCUT2D eigenvalue weighted by Gasteiger charge is -2.16. The third kappa shape index (κ3) is 4.54. The number of anilines is 1. The molecule has 1 amide bonds. The Morgan fingerprint density at radius 1 is 1.18 bits per heavy atom. The zero-order valence-electron chi connectivity index (χ0n) is 17.2. The van der Waals surface area contributed by atoms with Crippen molar-refractivity contribution in [2.24, 2.45) is 0 Å². The first kappa shape index (κ1) is 23.5. The molecule has 0 unspecified atom stereocenters. The van der Waals surface area contributed by atoms with Crippen molar-refractivity contribution in [1.29, 1.82) is 0 Å². The van der Waals surface area contributed by atoms with Crippen molar-refractivity contribution < 1.29 is 32.0 Å². The number of nitro groups is 1. The minimum Gasteiger partial charge on any atom is -0.497 e. The van der Waals surface area contributed by atoms with Gasteiger partial charge in [0.05, 0.1) is 39.8 Å². The molecule has 1 saturated heterocycles. The van der Waals surface area contributed by atoms with E-state index >= 15 is 0 Å². The molecule has 4 rings (SSSR count). The van der Waals surface area contributed by atoms with E-state index in [-0.39, 0.29) is 37.7 Å². The van der Waals surface area contributed by atoms with Crippen molar-refractivity contribution in [3.05, 3.63) is 80.9 Å². The summed E-state index contributed by atoms with van der Waals surface area (Å²) in [4.78, 5) is 24.9. The Hall–Kier alpha value is -3.64. The standard InChI is InChI=1S/C22H13F3N2O5S2/c1-31-14-5-7-16(17(10-14)27(29)30)18-8-6-15(32-18)11-19-20(28)26(21(33)34-19)13-4-2-3-12(9-13)22(23,24)25/h2-11H,1H3/b19-11-. The van der Waals surface area contributed by atoms with Gasteiger partial charge in [-0.3, -0.25) is 19.8 Å². The maximum absolute atomic E-state index is 13.1. The fraction of sp³-hybridized carbons (Fsp3) is 0.0909. The van der Waals surface area contributed by atoms with Crippen LogP contribution in [0, 0.1) is 10.1 Å². The van der Waals surface area contributed by atoms with E-state index in [0.29, 0.717) is 5.75 Å². The zero-order chi connectivity index (χ0) is 24.6. The van der Waals surface area contributed by atoms with Crippen molar-refractivity contribution in [3.63, 3.8) is 0 Å². The molecule has 1 aliphatic rings. The van der Waals surface area contributed by atoms with Crippen molar-refractivity contribution >= 4 is 51.7 Å². The predicted octanol–water partition coefficient (Wildman–Crippen LogP) is 6.29. The number of ether oxygens (including phenoxy) is 1. The predicted molar refractivity (Wildman–Crippen MR) is 124 cm³/mol. The second-order valence-electron chi connectivity index (χ2n) is 6.91. The molecule has 0 radical (unpaired) electrons. The molecule has 0 atom stereocenters. The highest BCUT2D eigenvalue weighted by molar-refractivity contribution is 8.27. The van der Waals surface area contributed by atoms with Crippen molar-refractivity contribution in [3.8, 4) is 17.1 Å². The molecule has 7 nitrogen and oxygen atoms in total. The second kappa shape index (κ2) is 8.95. The van der Waals surface area contributed by atoms with Gasteiger partial charge in [0.15, 0.2) is 4.32 Å². The summed E-state index contributed by atoms with van der Waals surface area (Å²) in [6, 6.07) is 11.6. The molecule has 0 saturated carbocycles. The first-order valence-electron chi connectivity index (χ1n) is 9.46. The molecule has 12 heteroatoms. The van der Waals surface area contributed by atoms with Crippen LogP contribution in [0.2, 0.25) is 0 Å². The van der Waals surface area contributed by atoms with Crippen LogP contribution < -0.4 is 9.64 Å². The molecule has 2 heterocycles. The van der Waals surface area contributed by atoms with Crippen molar-refractivity contribution in [1.82, 2.24) is 0 Å². The van der Waals surface area contributed by atoms with E-state index in [0.717, 1.165) is 28.8 Å². The molecule has 0 aliphatic carbocycles. The number of amides is 1. The number of carbonyl (C=O) groups excluding carboxylic acids is 1. The van der Waals surface area contributed by atoms with Gasteiger partial charge in [-0.1, -0.05) is 30.0 Å².